The largest absolute Gasteiger partial charge is 0.492 e. The molecule has 1 atom stereocenters. The number of fused-ring (bicyclic) bond motifs is 1. The molecule has 2 aromatic carbocycles. The molecule has 0 radical (unpaired) electrons. The summed E-state index contributed by atoms with van der Waals surface area (Å²) in [5.74, 6) is 0.402. The van der Waals surface area contributed by atoms with Crippen molar-refractivity contribution in [3.05, 3.63) is 47.5 Å². The first-order valence-corrected chi connectivity index (χ1v) is 14.1. The lowest BCUT2D eigenvalue weighted by Crippen LogP contribution is -2.49. The molecule has 11 heteroatoms. The Morgan fingerprint density at radius 1 is 1.20 bits per heavy atom. The van der Waals surface area contributed by atoms with Crippen molar-refractivity contribution in [2.45, 2.75) is 30.7 Å². The Bertz CT molecular complexity index is 1290. The molecule has 188 valence electrons. The zero-order chi connectivity index (χ0) is 25.2. The van der Waals surface area contributed by atoms with Gasteiger partial charge in [0.05, 0.1) is 16.2 Å². The van der Waals surface area contributed by atoms with E-state index in [1.54, 1.807) is 17.0 Å². The number of sulfonamides is 1. The number of hydrogen-bond donors (Lipinski definition) is 0. The van der Waals surface area contributed by atoms with Crippen LogP contribution in [0.15, 0.2) is 47.4 Å². The summed E-state index contributed by atoms with van der Waals surface area (Å²) < 4.78 is 34.8. The second kappa shape index (κ2) is 10.8. The van der Waals surface area contributed by atoms with Crippen molar-refractivity contribution in [1.29, 1.82) is 0 Å². The number of aromatic nitrogens is 1. The third-order valence-corrected chi connectivity index (χ3v) is 9.07. The number of carbonyl (C=O) groups is 1. The highest BCUT2D eigenvalue weighted by Crippen LogP contribution is 2.36. The summed E-state index contributed by atoms with van der Waals surface area (Å²) in [6, 6.07) is 11.0. The molecule has 2 heterocycles. The molecular weight excluding hydrogens is 508 g/mol. The average molecular weight is 537 g/mol. The Balaban J connectivity index is 1.69. The topological polar surface area (TPSA) is 83.0 Å². The van der Waals surface area contributed by atoms with E-state index in [1.165, 1.54) is 27.8 Å². The first-order chi connectivity index (χ1) is 16.7. The van der Waals surface area contributed by atoms with Crippen LogP contribution in [-0.4, -0.2) is 74.9 Å². The quantitative estimate of drug-likeness (QED) is 0.409. The maximum Gasteiger partial charge on any atom is 0.247 e. The number of para-hydroxylation sites is 1. The highest BCUT2D eigenvalue weighted by molar-refractivity contribution is 7.89. The summed E-state index contributed by atoms with van der Waals surface area (Å²) in [6.45, 7) is 3.71. The zero-order valence-corrected chi connectivity index (χ0v) is 22.4. The van der Waals surface area contributed by atoms with E-state index < -0.39 is 16.1 Å². The van der Waals surface area contributed by atoms with Gasteiger partial charge in [-0.15, -0.1) is 0 Å². The molecule has 3 aromatic rings. The summed E-state index contributed by atoms with van der Waals surface area (Å²) in [4.78, 5) is 22.4. The molecule has 1 aliphatic rings. The number of rotatable bonds is 9. The maximum absolute atomic E-state index is 13.9. The highest BCUT2D eigenvalue weighted by Gasteiger charge is 2.42. The van der Waals surface area contributed by atoms with E-state index >= 15 is 0 Å². The van der Waals surface area contributed by atoms with Crippen molar-refractivity contribution in [1.82, 2.24) is 14.2 Å². The number of ether oxygens (including phenoxy) is 1. The summed E-state index contributed by atoms with van der Waals surface area (Å²) in [5.41, 5.74) is 0.703. The average Bonchev–Trinajstić information content (AvgIpc) is 3.48. The molecule has 4 rings (SSSR count). The van der Waals surface area contributed by atoms with Gasteiger partial charge in [-0.25, -0.2) is 13.4 Å². The van der Waals surface area contributed by atoms with Gasteiger partial charge < -0.3 is 9.64 Å². The predicted molar refractivity (Wildman–Crippen MR) is 140 cm³/mol. The van der Waals surface area contributed by atoms with Crippen molar-refractivity contribution in [3.63, 3.8) is 0 Å². The molecule has 1 aliphatic heterocycles. The predicted octanol–water partition coefficient (Wildman–Crippen LogP) is 4.10. The van der Waals surface area contributed by atoms with Crippen LogP contribution in [0.4, 0.5) is 5.13 Å². The van der Waals surface area contributed by atoms with Crippen LogP contribution in [0, 0.1) is 0 Å². The lowest BCUT2D eigenvalue weighted by Gasteiger charge is -2.29. The van der Waals surface area contributed by atoms with Gasteiger partial charge >= 0.3 is 0 Å². The number of thiazole rings is 1. The first-order valence-electron chi connectivity index (χ1n) is 11.5. The van der Waals surface area contributed by atoms with Crippen LogP contribution in [0.2, 0.25) is 5.02 Å². The van der Waals surface area contributed by atoms with Gasteiger partial charge in [-0.2, -0.15) is 4.31 Å². The van der Waals surface area contributed by atoms with Gasteiger partial charge in [0.2, 0.25) is 15.9 Å². The number of amides is 1. The Kier molecular flexibility index (Phi) is 7.97. The van der Waals surface area contributed by atoms with E-state index in [1.807, 2.05) is 44.1 Å². The molecule has 1 saturated heterocycles. The standard InChI is InChI=1S/C24H29ClN4O4S2/c1-4-33-20-8-5-9-21-22(20)26-24(34-21)28(16-15-27(2)3)23(30)19-7-6-14-29(19)35(31,32)18-12-10-17(25)11-13-18/h5,8-13,19H,4,6-7,14-16H2,1-3H3. The van der Waals surface area contributed by atoms with Crippen molar-refractivity contribution < 1.29 is 17.9 Å². The van der Waals surface area contributed by atoms with Gasteiger partial charge in [0.25, 0.3) is 0 Å². The van der Waals surface area contributed by atoms with Gasteiger partial charge in [0, 0.05) is 24.7 Å². The van der Waals surface area contributed by atoms with Gasteiger partial charge in [0.1, 0.15) is 17.3 Å². The summed E-state index contributed by atoms with van der Waals surface area (Å²) >= 11 is 7.35. The minimum atomic E-state index is -3.86. The smallest absolute Gasteiger partial charge is 0.247 e. The van der Waals surface area contributed by atoms with Crippen LogP contribution >= 0.6 is 22.9 Å². The number of carbonyl (C=O) groups excluding carboxylic acids is 1. The van der Waals surface area contributed by atoms with Gasteiger partial charge in [-0.05, 0) is 70.3 Å². The molecule has 0 bridgehead atoms. The SMILES string of the molecule is CCOc1cccc2sc(N(CCN(C)C)C(=O)C3CCCN3S(=O)(=O)c3ccc(Cl)cc3)nc12. The summed E-state index contributed by atoms with van der Waals surface area (Å²) in [6.07, 6.45) is 1.07. The monoisotopic (exact) mass is 536 g/mol. The van der Waals surface area contributed by atoms with Crippen molar-refractivity contribution >= 4 is 54.2 Å². The fourth-order valence-electron chi connectivity index (χ4n) is 4.10. The molecule has 0 N–H and O–H groups in total. The molecular formula is C24H29ClN4O4S2. The van der Waals surface area contributed by atoms with Gasteiger partial charge in [-0.1, -0.05) is 29.0 Å². The second-order valence-corrected chi connectivity index (χ2v) is 11.9. The Morgan fingerprint density at radius 3 is 2.63 bits per heavy atom. The van der Waals surface area contributed by atoms with E-state index in [0.717, 1.165) is 4.70 Å². The molecule has 35 heavy (non-hydrogen) atoms. The van der Waals surface area contributed by atoms with E-state index in [4.69, 9.17) is 21.3 Å². The van der Waals surface area contributed by atoms with Crippen LogP contribution < -0.4 is 9.64 Å². The Labute approximate surface area is 215 Å². The zero-order valence-electron chi connectivity index (χ0n) is 20.0. The van der Waals surface area contributed by atoms with E-state index in [9.17, 15) is 13.2 Å². The van der Waals surface area contributed by atoms with E-state index in [-0.39, 0.29) is 17.3 Å². The van der Waals surface area contributed by atoms with Crippen LogP contribution in [0.5, 0.6) is 5.75 Å². The third-order valence-electron chi connectivity index (χ3n) is 5.85. The van der Waals surface area contributed by atoms with Crippen LogP contribution in [-0.2, 0) is 14.8 Å². The number of likely N-dealkylation sites (N-methyl/N-ethyl adjacent to an activating group) is 1. The molecule has 1 fully saturated rings. The van der Waals surface area contributed by atoms with Crippen LogP contribution in [0.25, 0.3) is 10.2 Å². The molecule has 0 aliphatic carbocycles. The van der Waals surface area contributed by atoms with E-state index in [0.29, 0.717) is 54.0 Å². The first kappa shape index (κ1) is 25.8. The maximum atomic E-state index is 13.9. The van der Waals surface area contributed by atoms with Gasteiger partial charge in [-0.3, -0.25) is 9.69 Å². The molecule has 1 aromatic heterocycles. The van der Waals surface area contributed by atoms with Crippen molar-refractivity contribution in [2.24, 2.45) is 0 Å². The number of anilines is 1. The number of nitrogens with zero attached hydrogens (tertiary/aromatic N) is 4. The highest BCUT2D eigenvalue weighted by atomic mass is 35.5. The molecule has 1 amide bonds. The lowest BCUT2D eigenvalue weighted by molar-refractivity contribution is -0.121. The minimum absolute atomic E-state index is 0.128. The fourth-order valence-corrected chi connectivity index (χ4v) is 6.89. The molecule has 0 saturated carbocycles. The summed E-state index contributed by atoms with van der Waals surface area (Å²) in [5, 5.41) is 0.991. The van der Waals surface area contributed by atoms with Crippen LogP contribution in [0.1, 0.15) is 19.8 Å². The normalized spacial score (nSPS) is 16.8. The molecule has 0 spiro atoms. The lowest BCUT2D eigenvalue weighted by atomic mass is 10.2. The minimum Gasteiger partial charge on any atom is -0.492 e. The van der Waals surface area contributed by atoms with Gasteiger partial charge in [0.15, 0.2) is 5.13 Å². The van der Waals surface area contributed by atoms with Crippen molar-refractivity contribution in [2.75, 3.05) is 45.2 Å². The molecule has 8 nitrogen and oxygen atoms in total. The number of hydrogen-bond acceptors (Lipinski definition) is 7. The number of halogens is 1. The second-order valence-electron chi connectivity index (χ2n) is 8.55. The fraction of sp³-hybridized carbons (Fsp3) is 0.417. The number of benzene rings is 2. The van der Waals surface area contributed by atoms with Crippen LogP contribution in [0.3, 0.4) is 0 Å². The van der Waals surface area contributed by atoms with Crippen molar-refractivity contribution in [3.8, 4) is 5.75 Å². The third kappa shape index (κ3) is 5.46. The molecule has 1 unspecified atom stereocenters. The van der Waals surface area contributed by atoms with E-state index in [2.05, 4.69) is 0 Å². The Hall–Kier alpha value is -2.24. The Morgan fingerprint density at radius 2 is 1.94 bits per heavy atom. The summed E-state index contributed by atoms with van der Waals surface area (Å²) in [7, 11) is 0.00767.